The van der Waals surface area contributed by atoms with Gasteiger partial charge in [-0.1, -0.05) is 5.57 Å². The van der Waals surface area contributed by atoms with E-state index in [9.17, 15) is 0 Å². The van der Waals surface area contributed by atoms with Gasteiger partial charge in [0.1, 0.15) is 0 Å². The van der Waals surface area contributed by atoms with Crippen molar-refractivity contribution in [3.05, 3.63) is 11.6 Å². The highest BCUT2D eigenvalue weighted by Gasteiger charge is 2.05. The normalized spacial score (nSPS) is 27.2. The van der Waals surface area contributed by atoms with E-state index in [2.05, 4.69) is 31.8 Å². The minimum atomic E-state index is 0.509. The van der Waals surface area contributed by atoms with Gasteiger partial charge in [-0.25, -0.2) is 0 Å². The van der Waals surface area contributed by atoms with E-state index in [-0.39, 0.29) is 0 Å². The molecule has 0 N–H and O–H groups in total. The van der Waals surface area contributed by atoms with Crippen LogP contribution in [0.3, 0.4) is 0 Å². The third kappa shape index (κ3) is 1.67. The Kier molecular flexibility index (Phi) is 1.70. The van der Waals surface area contributed by atoms with E-state index >= 15 is 0 Å². The largest absolute Gasteiger partial charge is 0.287 e. The minimum Gasteiger partial charge on any atom is -0.287 e. The molecule has 0 spiro atoms. The van der Waals surface area contributed by atoms with E-state index in [0.29, 0.717) is 6.04 Å². The zero-order chi connectivity index (χ0) is 6.85. The summed E-state index contributed by atoms with van der Waals surface area (Å²) in [5.41, 5.74) is 2.63. The number of allylic oxidation sites excluding steroid dienone is 1. The number of hydrogen-bond acceptors (Lipinski definition) is 1. The molecular weight excluding hydrogens is 110 g/mol. The summed E-state index contributed by atoms with van der Waals surface area (Å²) in [7, 11) is 0. The third-order valence-corrected chi connectivity index (χ3v) is 1.50. The van der Waals surface area contributed by atoms with Crippen LogP contribution >= 0.6 is 0 Å². The number of nitrogens with zero attached hydrogens (tertiary/aromatic N) is 1. The summed E-state index contributed by atoms with van der Waals surface area (Å²) >= 11 is 0. The van der Waals surface area contributed by atoms with E-state index in [1.165, 1.54) is 11.3 Å². The lowest BCUT2D eigenvalue weighted by Gasteiger charge is -2.12. The van der Waals surface area contributed by atoms with Crippen LogP contribution in [0.5, 0.6) is 0 Å². The molecule has 0 saturated carbocycles. The van der Waals surface area contributed by atoms with Gasteiger partial charge in [-0.15, -0.1) is 0 Å². The summed E-state index contributed by atoms with van der Waals surface area (Å²) in [6.07, 6.45) is 3.29. The van der Waals surface area contributed by atoms with Crippen molar-refractivity contribution < 1.29 is 0 Å². The predicted octanol–water partition coefficient (Wildman–Crippen LogP) is 2.19. The number of dihydropyridines is 1. The van der Waals surface area contributed by atoms with Gasteiger partial charge >= 0.3 is 0 Å². The molecule has 50 valence electrons. The highest BCUT2D eigenvalue weighted by molar-refractivity contribution is 5.94. The van der Waals surface area contributed by atoms with Gasteiger partial charge in [-0.3, -0.25) is 4.99 Å². The number of rotatable bonds is 0. The zero-order valence-electron chi connectivity index (χ0n) is 6.31. The van der Waals surface area contributed by atoms with Crippen LogP contribution in [-0.2, 0) is 0 Å². The molecule has 1 rings (SSSR count). The molecule has 0 aromatic rings. The Balaban J connectivity index is 2.74. The molecule has 9 heavy (non-hydrogen) atoms. The quantitative estimate of drug-likeness (QED) is 0.468. The van der Waals surface area contributed by atoms with Gasteiger partial charge in [0, 0.05) is 5.71 Å². The summed E-state index contributed by atoms with van der Waals surface area (Å²) in [4.78, 5) is 4.37. The van der Waals surface area contributed by atoms with Crippen molar-refractivity contribution in [3.8, 4) is 0 Å². The van der Waals surface area contributed by atoms with Crippen LogP contribution in [-0.4, -0.2) is 11.8 Å². The first-order valence-electron chi connectivity index (χ1n) is 3.40. The van der Waals surface area contributed by atoms with E-state index in [4.69, 9.17) is 0 Å². The highest BCUT2D eigenvalue weighted by atomic mass is 14.8. The Labute approximate surface area is 56.5 Å². The topological polar surface area (TPSA) is 12.4 Å². The Morgan fingerprint density at radius 3 is 2.67 bits per heavy atom. The van der Waals surface area contributed by atoms with Gasteiger partial charge in [-0.05, 0) is 33.3 Å². The van der Waals surface area contributed by atoms with E-state index in [0.717, 1.165) is 6.42 Å². The molecule has 1 atom stereocenters. The first-order valence-corrected chi connectivity index (χ1v) is 3.40. The first-order chi connectivity index (χ1) is 4.18. The van der Waals surface area contributed by atoms with E-state index in [1.54, 1.807) is 0 Å². The van der Waals surface area contributed by atoms with Crippen molar-refractivity contribution in [2.24, 2.45) is 4.99 Å². The van der Waals surface area contributed by atoms with Gasteiger partial charge in [0.2, 0.25) is 0 Å². The standard InChI is InChI=1S/C8H13N/c1-6-4-7(2)9-8(3)5-6/h4,8H,5H2,1-3H3. The molecule has 0 aliphatic carbocycles. The van der Waals surface area contributed by atoms with Crippen LogP contribution in [0.2, 0.25) is 0 Å². The van der Waals surface area contributed by atoms with Crippen molar-refractivity contribution in [2.45, 2.75) is 33.2 Å². The molecule has 1 heteroatoms. The summed E-state index contributed by atoms with van der Waals surface area (Å²) < 4.78 is 0. The van der Waals surface area contributed by atoms with E-state index in [1.807, 2.05) is 0 Å². The Bertz CT molecular complexity index is 165. The molecule has 1 aliphatic rings. The maximum absolute atomic E-state index is 4.37. The van der Waals surface area contributed by atoms with Crippen molar-refractivity contribution in [1.82, 2.24) is 0 Å². The van der Waals surface area contributed by atoms with Crippen molar-refractivity contribution >= 4 is 5.71 Å². The summed E-state index contributed by atoms with van der Waals surface area (Å²) in [5, 5.41) is 0. The van der Waals surface area contributed by atoms with Gasteiger partial charge in [0.15, 0.2) is 0 Å². The molecular formula is C8H13N. The zero-order valence-corrected chi connectivity index (χ0v) is 6.31. The molecule has 0 radical (unpaired) electrons. The monoisotopic (exact) mass is 123 g/mol. The molecule has 0 aromatic carbocycles. The summed E-state index contributed by atoms with van der Waals surface area (Å²) in [6, 6.07) is 0.509. The third-order valence-electron chi connectivity index (χ3n) is 1.50. The molecule has 1 heterocycles. The second kappa shape index (κ2) is 2.34. The maximum atomic E-state index is 4.37. The lowest BCUT2D eigenvalue weighted by Crippen LogP contribution is -2.07. The fourth-order valence-corrected chi connectivity index (χ4v) is 1.31. The lowest BCUT2D eigenvalue weighted by molar-refractivity contribution is 0.724. The van der Waals surface area contributed by atoms with Crippen molar-refractivity contribution in [2.75, 3.05) is 0 Å². The molecule has 1 nitrogen and oxygen atoms in total. The Morgan fingerprint density at radius 1 is 1.56 bits per heavy atom. The van der Waals surface area contributed by atoms with Crippen LogP contribution in [0.15, 0.2) is 16.6 Å². The van der Waals surface area contributed by atoms with Crippen LogP contribution in [0.25, 0.3) is 0 Å². The number of aliphatic imine (C=N–C) groups is 1. The Morgan fingerprint density at radius 2 is 2.22 bits per heavy atom. The molecule has 0 fully saturated rings. The smallest absolute Gasteiger partial charge is 0.0511 e. The maximum Gasteiger partial charge on any atom is 0.0511 e. The predicted molar refractivity (Wildman–Crippen MR) is 40.9 cm³/mol. The van der Waals surface area contributed by atoms with Gasteiger partial charge < -0.3 is 0 Å². The lowest BCUT2D eigenvalue weighted by atomic mass is 10.0. The van der Waals surface area contributed by atoms with E-state index < -0.39 is 0 Å². The SMILES string of the molecule is CC1=CC(C)=NC(C)C1. The Hall–Kier alpha value is -0.590. The van der Waals surface area contributed by atoms with Crippen LogP contribution < -0.4 is 0 Å². The number of hydrogen-bond donors (Lipinski definition) is 0. The van der Waals surface area contributed by atoms with Crippen LogP contribution in [0.1, 0.15) is 27.2 Å². The molecule has 0 bridgehead atoms. The van der Waals surface area contributed by atoms with Crippen LogP contribution in [0, 0.1) is 0 Å². The second-order valence-electron chi connectivity index (χ2n) is 2.81. The molecule has 1 unspecified atom stereocenters. The van der Waals surface area contributed by atoms with Gasteiger partial charge in [-0.2, -0.15) is 0 Å². The molecule has 0 amide bonds. The first kappa shape index (κ1) is 6.53. The minimum absolute atomic E-state index is 0.509. The van der Waals surface area contributed by atoms with Gasteiger partial charge in [0.25, 0.3) is 0 Å². The fraction of sp³-hybridized carbons (Fsp3) is 0.625. The average molecular weight is 123 g/mol. The molecule has 0 saturated heterocycles. The highest BCUT2D eigenvalue weighted by Crippen LogP contribution is 2.12. The van der Waals surface area contributed by atoms with Crippen LogP contribution in [0.4, 0.5) is 0 Å². The second-order valence-corrected chi connectivity index (χ2v) is 2.81. The summed E-state index contributed by atoms with van der Waals surface area (Å²) in [5.74, 6) is 0. The van der Waals surface area contributed by atoms with Crippen molar-refractivity contribution in [1.29, 1.82) is 0 Å². The fourth-order valence-electron chi connectivity index (χ4n) is 1.31. The summed E-state index contributed by atoms with van der Waals surface area (Å²) in [6.45, 7) is 6.37. The molecule has 1 aliphatic heterocycles. The molecule has 0 aromatic heterocycles. The average Bonchev–Trinajstić information content (AvgIpc) is 1.59. The van der Waals surface area contributed by atoms with Gasteiger partial charge in [0.05, 0.1) is 6.04 Å². The van der Waals surface area contributed by atoms with Crippen molar-refractivity contribution in [3.63, 3.8) is 0 Å².